The van der Waals surface area contributed by atoms with Crippen LogP contribution in [0.25, 0.3) is 10.2 Å². The van der Waals surface area contributed by atoms with Crippen molar-refractivity contribution in [3.05, 3.63) is 59.1 Å². The first-order valence-electron chi connectivity index (χ1n) is 12.5. The van der Waals surface area contributed by atoms with Crippen molar-refractivity contribution in [2.75, 3.05) is 51.1 Å². The average molecular weight is 492 g/mol. The van der Waals surface area contributed by atoms with Gasteiger partial charge in [-0.2, -0.15) is 0 Å². The molecule has 0 bridgehead atoms. The summed E-state index contributed by atoms with van der Waals surface area (Å²) in [6.45, 7) is 7.48. The molecular weight excluding hydrogens is 458 g/mol. The molecule has 0 spiro atoms. The van der Waals surface area contributed by atoms with Crippen molar-refractivity contribution in [2.45, 2.75) is 32.2 Å². The van der Waals surface area contributed by atoms with E-state index in [1.54, 1.807) is 11.3 Å². The summed E-state index contributed by atoms with van der Waals surface area (Å²) in [5.41, 5.74) is 3.03. The fourth-order valence-corrected chi connectivity index (χ4v) is 5.86. The highest BCUT2D eigenvalue weighted by Gasteiger charge is 2.27. The predicted molar refractivity (Wildman–Crippen MR) is 141 cm³/mol. The van der Waals surface area contributed by atoms with Crippen molar-refractivity contribution in [2.24, 2.45) is 0 Å². The van der Waals surface area contributed by atoms with E-state index in [1.807, 2.05) is 42.2 Å². The van der Waals surface area contributed by atoms with Crippen LogP contribution >= 0.6 is 11.3 Å². The molecule has 2 fully saturated rings. The number of carbonyl (C=O) groups excluding carboxylic acids is 2. The van der Waals surface area contributed by atoms with Crippen LogP contribution in [0.3, 0.4) is 0 Å². The van der Waals surface area contributed by atoms with Gasteiger partial charge in [0.1, 0.15) is 0 Å². The lowest BCUT2D eigenvalue weighted by molar-refractivity contribution is -0.132. The lowest BCUT2D eigenvalue weighted by Gasteiger charge is -2.37. The van der Waals surface area contributed by atoms with Crippen LogP contribution in [-0.4, -0.2) is 83.4 Å². The number of piperazine rings is 1. The number of fused-ring (bicyclic) bond motifs is 1. The van der Waals surface area contributed by atoms with Crippen LogP contribution in [0.2, 0.25) is 0 Å². The largest absolute Gasteiger partial charge is 0.342 e. The Morgan fingerprint density at radius 3 is 2.40 bits per heavy atom. The molecule has 2 aliphatic heterocycles. The summed E-state index contributed by atoms with van der Waals surface area (Å²) >= 11 is 1.73. The number of nitrogens with one attached hydrogen (secondary N) is 1. The van der Waals surface area contributed by atoms with E-state index in [9.17, 15) is 9.59 Å². The minimum atomic E-state index is -0.214. The monoisotopic (exact) mass is 491 g/mol. The molecule has 1 N–H and O–H groups in total. The molecule has 2 aliphatic rings. The van der Waals surface area contributed by atoms with Crippen molar-refractivity contribution in [3.63, 3.8) is 0 Å². The van der Waals surface area contributed by atoms with Crippen molar-refractivity contribution in [1.82, 2.24) is 19.7 Å². The third-order valence-electron chi connectivity index (χ3n) is 7.07. The normalized spacial score (nSPS) is 18.1. The van der Waals surface area contributed by atoms with Gasteiger partial charge in [0.15, 0.2) is 0 Å². The van der Waals surface area contributed by atoms with Gasteiger partial charge in [-0.3, -0.25) is 19.4 Å². The second kappa shape index (κ2) is 10.8. The molecule has 3 heterocycles. The minimum absolute atomic E-state index is 0.00511. The Labute approximate surface area is 210 Å². The fourth-order valence-electron chi connectivity index (χ4n) is 4.86. The Bertz CT molecular complexity index is 1130. The van der Waals surface area contributed by atoms with Crippen LogP contribution < -0.4 is 5.32 Å². The zero-order chi connectivity index (χ0) is 24.2. The molecule has 7 nitrogen and oxygen atoms in total. The number of benzene rings is 2. The number of nitrogens with zero attached hydrogens (tertiary/aromatic N) is 4. The zero-order valence-electron chi connectivity index (χ0n) is 20.3. The molecule has 5 rings (SSSR count). The molecule has 0 aliphatic carbocycles. The molecule has 2 saturated heterocycles. The molecule has 1 aromatic heterocycles. The Kier molecular flexibility index (Phi) is 7.41. The van der Waals surface area contributed by atoms with E-state index in [2.05, 4.69) is 33.3 Å². The summed E-state index contributed by atoms with van der Waals surface area (Å²) in [4.78, 5) is 36.4. The number of likely N-dealkylation sites (tertiary alicyclic amines) is 1. The van der Waals surface area contributed by atoms with Gasteiger partial charge in [0.2, 0.25) is 11.8 Å². The zero-order valence-corrected chi connectivity index (χ0v) is 21.1. The maximum atomic E-state index is 12.9. The van der Waals surface area contributed by atoms with Gasteiger partial charge in [-0.15, -0.1) is 11.3 Å². The number of hydrogen-bond donors (Lipinski definition) is 1. The predicted octanol–water partition coefficient (Wildman–Crippen LogP) is 3.45. The molecule has 1 atom stereocenters. The third kappa shape index (κ3) is 5.89. The first-order valence-corrected chi connectivity index (χ1v) is 13.4. The van der Waals surface area contributed by atoms with Gasteiger partial charge in [-0.1, -0.05) is 24.3 Å². The maximum Gasteiger partial charge on any atom is 0.241 e. The summed E-state index contributed by atoms with van der Waals surface area (Å²) in [6, 6.07) is 16.0. The van der Waals surface area contributed by atoms with Crippen LogP contribution in [0.4, 0.5) is 5.69 Å². The molecule has 8 heteroatoms. The van der Waals surface area contributed by atoms with Crippen LogP contribution in [0.1, 0.15) is 30.3 Å². The van der Waals surface area contributed by atoms with Gasteiger partial charge in [0.25, 0.3) is 0 Å². The van der Waals surface area contributed by atoms with Crippen molar-refractivity contribution >= 4 is 39.1 Å². The van der Waals surface area contributed by atoms with Gasteiger partial charge in [-0.05, 0) is 49.6 Å². The molecule has 0 saturated carbocycles. The Morgan fingerprint density at radius 1 is 0.971 bits per heavy atom. The van der Waals surface area contributed by atoms with E-state index in [0.29, 0.717) is 6.54 Å². The second-order valence-electron chi connectivity index (χ2n) is 9.51. The van der Waals surface area contributed by atoms with Gasteiger partial charge in [0.05, 0.1) is 27.8 Å². The molecule has 184 valence electrons. The molecular formula is C27H33N5O2S. The summed E-state index contributed by atoms with van der Waals surface area (Å²) in [6.07, 6.45) is 3.03. The summed E-state index contributed by atoms with van der Waals surface area (Å²) in [5, 5.41) is 4.16. The Balaban J connectivity index is 1.09. The molecule has 0 radical (unpaired) electrons. The first kappa shape index (κ1) is 23.9. The number of thiazole rings is 1. The number of amides is 2. The van der Waals surface area contributed by atoms with Crippen LogP contribution in [0.15, 0.2) is 48.5 Å². The molecule has 35 heavy (non-hydrogen) atoms. The van der Waals surface area contributed by atoms with E-state index >= 15 is 0 Å². The highest BCUT2D eigenvalue weighted by Crippen LogP contribution is 2.24. The van der Waals surface area contributed by atoms with Gasteiger partial charge in [0, 0.05) is 51.4 Å². The van der Waals surface area contributed by atoms with Gasteiger partial charge < -0.3 is 10.2 Å². The molecule has 2 aromatic carbocycles. The van der Waals surface area contributed by atoms with Crippen molar-refractivity contribution in [3.8, 4) is 0 Å². The van der Waals surface area contributed by atoms with E-state index in [-0.39, 0.29) is 17.9 Å². The van der Waals surface area contributed by atoms with Crippen LogP contribution in [-0.2, 0) is 16.0 Å². The number of hydrogen-bond acceptors (Lipinski definition) is 6. The van der Waals surface area contributed by atoms with Crippen LogP contribution in [0.5, 0.6) is 0 Å². The molecule has 0 unspecified atom stereocenters. The summed E-state index contributed by atoms with van der Waals surface area (Å²) < 4.78 is 1.21. The highest BCUT2D eigenvalue weighted by molar-refractivity contribution is 7.18. The van der Waals surface area contributed by atoms with E-state index in [1.165, 1.54) is 10.3 Å². The lowest BCUT2D eigenvalue weighted by Crippen LogP contribution is -2.54. The third-order valence-corrected chi connectivity index (χ3v) is 8.10. The molecule has 2 amide bonds. The Hall–Kier alpha value is -2.81. The van der Waals surface area contributed by atoms with E-state index in [0.717, 1.165) is 74.7 Å². The number of para-hydroxylation sites is 1. The second-order valence-corrected chi connectivity index (χ2v) is 10.6. The van der Waals surface area contributed by atoms with Gasteiger partial charge in [-0.25, -0.2) is 4.98 Å². The number of carbonyl (C=O) groups is 2. The summed E-state index contributed by atoms with van der Waals surface area (Å²) in [5.74, 6) is 0.249. The van der Waals surface area contributed by atoms with Crippen molar-refractivity contribution < 1.29 is 9.59 Å². The standard InChI is InChI=1S/C27H33N5O2S/c1-20(31-16-14-30(15-17-31)19-26(33)32-12-4-5-13-32)27(34)28-22-10-8-21(9-11-22)18-25-29-23-6-2-3-7-24(23)35-25/h2-3,6-11,20H,4-5,12-19H2,1H3,(H,28,34)/t20-/m0/s1. The van der Waals surface area contributed by atoms with E-state index < -0.39 is 0 Å². The maximum absolute atomic E-state index is 12.9. The highest BCUT2D eigenvalue weighted by atomic mass is 32.1. The molecule has 3 aromatic rings. The topological polar surface area (TPSA) is 68.8 Å². The smallest absolute Gasteiger partial charge is 0.241 e. The number of aromatic nitrogens is 1. The van der Waals surface area contributed by atoms with Crippen molar-refractivity contribution in [1.29, 1.82) is 0 Å². The first-order chi connectivity index (χ1) is 17.0. The Morgan fingerprint density at radius 2 is 1.69 bits per heavy atom. The number of rotatable bonds is 7. The summed E-state index contributed by atoms with van der Waals surface area (Å²) in [7, 11) is 0. The van der Waals surface area contributed by atoms with E-state index in [4.69, 9.17) is 4.98 Å². The lowest BCUT2D eigenvalue weighted by atomic mass is 10.1. The number of anilines is 1. The SMILES string of the molecule is C[C@@H](C(=O)Nc1ccc(Cc2nc3ccccc3s2)cc1)N1CCN(CC(=O)N2CCCC2)CC1. The fraction of sp³-hybridized carbons (Fsp3) is 0.444. The average Bonchev–Trinajstić information content (AvgIpc) is 3.55. The van der Waals surface area contributed by atoms with Gasteiger partial charge >= 0.3 is 0 Å². The van der Waals surface area contributed by atoms with Crippen LogP contribution in [0, 0.1) is 0 Å². The minimum Gasteiger partial charge on any atom is -0.342 e. The quantitative estimate of drug-likeness (QED) is 0.548.